The molecule has 2 aliphatic rings. The van der Waals surface area contributed by atoms with Crippen LogP contribution in [0.5, 0.6) is 0 Å². The van der Waals surface area contributed by atoms with E-state index in [9.17, 15) is 9.59 Å². The maximum absolute atomic E-state index is 12.7. The van der Waals surface area contributed by atoms with Gasteiger partial charge in [-0.3, -0.25) is 9.59 Å². The Kier molecular flexibility index (Phi) is 5.16. The van der Waals surface area contributed by atoms with Gasteiger partial charge in [0.05, 0.1) is 0 Å². The summed E-state index contributed by atoms with van der Waals surface area (Å²) in [6.07, 6.45) is 4.69. The molecule has 1 aliphatic carbocycles. The molecule has 2 heterocycles. The first-order valence-corrected chi connectivity index (χ1v) is 10.9. The van der Waals surface area contributed by atoms with Crippen LogP contribution in [0.15, 0.2) is 48.7 Å². The van der Waals surface area contributed by atoms with Crippen molar-refractivity contribution in [3.05, 3.63) is 59.8 Å². The Bertz CT molecular complexity index is 1160. The summed E-state index contributed by atoms with van der Waals surface area (Å²) in [7, 11) is 0. The molecule has 6 heteroatoms. The fraction of sp³-hybridized carbons (Fsp3) is 0.320. The van der Waals surface area contributed by atoms with Crippen molar-refractivity contribution in [2.45, 2.75) is 32.2 Å². The minimum atomic E-state index is -0.0338. The third-order valence-corrected chi connectivity index (χ3v) is 6.13. The molecule has 2 aromatic carbocycles. The van der Waals surface area contributed by atoms with Gasteiger partial charge in [-0.2, -0.15) is 0 Å². The second kappa shape index (κ2) is 8.12. The second-order valence-corrected chi connectivity index (χ2v) is 8.59. The lowest BCUT2D eigenvalue weighted by molar-refractivity contribution is -0.117. The second-order valence-electron chi connectivity index (χ2n) is 8.59. The minimum absolute atomic E-state index is 0.0338. The molecule has 31 heavy (non-hydrogen) atoms. The van der Waals surface area contributed by atoms with Crippen LogP contribution in [0.4, 0.5) is 5.82 Å². The van der Waals surface area contributed by atoms with Crippen LogP contribution >= 0.6 is 0 Å². The lowest BCUT2D eigenvalue weighted by atomic mass is 9.96. The average molecular weight is 415 g/mol. The van der Waals surface area contributed by atoms with Gasteiger partial charge in [-0.05, 0) is 79.1 Å². The number of nitrogens with one attached hydrogen (secondary N) is 3. The Labute approximate surface area is 181 Å². The molecule has 1 unspecified atom stereocenters. The molecule has 2 fully saturated rings. The van der Waals surface area contributed by atoms with E-state index in [4.69, 9.17) is 0 Å². The van der Waals surface area contributed by atoms with Gasteiger partial charge in [0.25, 0.3) is 5.91 Å². The predicted molar refractivity (Wildman–Crippen MR) is 122 cm³/mol. The fourth-order valence-electron chi connectivity index (χ4n) is 4.07. The summed E-state index contributed by atoms with van der Waals surface area (Å²) in [5.74, 6) is 0.765. The number of hydrogen-bond donors (Lipinski definition) is 3. The molecule has 6 nitrogen and oxygen atoms in total. The third kappa shape index (κ3) is 4.30. The number of anilines is 1. The van der Waals surface area contributed by atoms with E-state index in [1.807, 2.05) is 30.3 Å². The maximum atomic E-state index is 12.7. The van der Waals surface area contributed by atoms with Crippen molar-refractivity contribution >= 4 is 28.4 Å². The van der Waals surface area contributed by atoms with Crippen LogP contribution in [-0.2, 0) is 4.79 Å². The highest BCUT2D eigenvalue weighted by Gasteiger charge is 2.29. The SMILES string of the molecule is Cc1ccc(C(=O)NC2CCNC2)cc1-c1ccc2cc(NC(=O)C3CC3)ncc2c1. The number of fused-ring (bicyclic) bond motifs is 1. The highest BCUT2D eigenvalue weighted by atomic mass is 16.2. The summed E-state index contributed by atoms with van der Waals surface area (Å²) in [4.78, 5) is 29.1. The number of amides is 2. The van der Waals surface area contributed by atoms with E-state index in [1.165, 1.54) is 0 Å². The van der Waals surface area contributed by atoms with Gasteiger partial charge < -0.3 is 16.0 Å². The van der Waals surface area contributed by atoms with Crippen molar-refractivity contribution < 1.29 is 9.59 Å². The van der Waals surface area contributed by atoms with Crippen LogP contribution < -0.4 is 16.0 Å². The average Bonchev–Trinajstić information content (AvgIpc) is 3.51. The first kappa shape index (κ1) is 19.7. The number of carbonyl (C=O) groups excluding carboxylic acids is 2. The molecule has 3 N–H and O–H groups in total. The number of nitrogens with zero attached hydrogens (tertiary/aromatic N) is 1. The molecular weight excluding hydrogens is 388 g/mol. The molecule has 3 aromatic rings. The molecule has 0 spiro atoms. The van der Waals surface area contributed by atoms with Crippen molar-refractivity contribution in [2.24, 2.45) is 5.92 Å². The summed E-state index contributed by atoms with van der Waals surface area (Å²) >= 11 is 0. The standard InChI is InChI=1S/C25H26N4O2/c1-15-2-3-19(25(31)28-21-8-9-26-14-21)11-22(15)18-7-6-17-12-23(27-13-20(17)10-18)29-24(30)16-4-5-16/h2-3,6-7,10-13,16,21,26H,4-5,8-9,14H2,1H3,(H,28,31)(H,27,29,30). The maximum Gasteiger partial charge on any atom is 0.251 e. The Hall–Kier alpha value is -3.25. The molecule has 1 saturated carbocycles. The predicted octanol–water partition coefficient (Wildman–Crippen LogP) is 3.65. The normalized spacial score (nSPS) is 18.2. The molecular formula is C25H26N4O2. The van der Waals surface area contributed by atoms with Gasteiger partial charge in [-0.1, -0.05) is 18.2 Å². The van der Waals surface area contributed by atoms with Crippen molar-refractivity contribution in [1.29, 1.82) is 0 Å². The monoisotopic (exact) mass is 414 g/mol. The number of carbonyl (C=O) groups is 2. The number of aryl methyl sites for hydroxylation is 1. The van der Waals surface area contributed by atoms with E-state index in [-0.39, 0.29) is 23.8 Å². The van der Waals surface area contributed by atoms with Gasteiger partial charge in [-0.25, -0.2) is 4.98 Å². The zero-order valence-electron chi connectivity index (χ0n) is 17.6. The van der Waals surface area contributed by atoms with Gasteiger partial charge in [0.1, 0.15) is 5.82 Å². The van der Waals surface area contributed by atoms with Crippen molar-refractivity contribution in [1.82, 2.24) is 15.6 Å². The molecule has 1 saturated heterocycles. The highest BCUT2D eigenvalue weighted by molar-refractivity contribution is 5.98. The largest absolute Gasteiger partial charge is 0.348 e. The zero-order chi connectivity index (χ0) is 21.4. The molecule has 2 amide bonds. The van der Waals surface area contributed by atoms with Crippen molar-refractivity contribution in [2.75, 3.05) is 18.4 Å². The van der Waals surface area contributed by atoms with E-state index in [0.717, 1.165) is 59.8 Å². The first-order valence-electron chi connectivity index (χ1n) is 10.9. The number of rotatable bonds is 5. The summed E-state index contributed by atoms with van der Waals surface area (Å²) < 4.78 is 0. The van der Waals surface area contributed by atoms with Crippen LogP contribution in [0.25, 0.3) is 21.9 Å². The number of hydrogen-bond acceptors (Lipinski definition) is 4. The van der Waals surface area contributed by atoms with E-state index in [2.05, 4.69) is 40.0 Å². The van der Waals surface area contributed by atoms with Gasteiger partial charge in [0.15, 0.2) is 0 Å². The van der Waals surface area contributed by atoms with Gasteiger partial charge in [0.2, 0.25) is 5.91 Å². The van der Waals surface area contributed by atoms with E-state index in [0.29, 0.717) is 11.4 Å². The summed E-state index contributed by atoms with van der Waals surface area (Å²) in [6, 6.07) is 14.1. The molecule has 158 valence electrons. The Balaban J connectivity index is 1.40. The zero-order valence-corrected chi connectivity index (χ0v) is 17.6. The van der Waals surface area contributed by atoms with E-state index >= 15 is 0 Å². The van der Waals surface area contributed by atoms with Gasteiger partial charge >= 0.3 is 0 Å². The van der Waals surface area contributed by atoms with Crippen LogP contribution in [-0.4, -0.2) is 35.9 Å². The van der Waals surface area contributed by atoms with E-state index in [1.54, 1.807) is 6.20 Å². The van der Waals surface area contributed by atoms with Crippen LogP contribution in [0, 0.1) is 12.8 Å². The number of benzene rings is 2. The summed E-state index contributed by atoms with van der Waals surface area (Å²) in [5, 5.41) is 11.3. The van der Waals surface area contributed by atoms with Crippen LogP contribution in [0.1, 0.15) is 35.2 Å². The Morgan fingerprint density at radius 3 is 2.68 bits per heavy atom. The molecule has 0 radical (unpaired) electrons. The smallest absolute Gasteiger partial charge is 0.251 e. The quantitative estimate of drug-likeness (QED) is 0.595. The Morgan fingerprint density at radius 1 is 1.03 bits per heavy atom. The van der Waals surface area contributed by atoms with Gasteiger partial charge in [0, 0.05) is 35.7 Å². The number of aromatic nitrogens is 1. The fourth-order valence-corrected chi connectivity index (χ4v) is 4.07. The molecule has 1 aliphatic heterocycles. The van der Waals surface area contributed by atoms with Crippen LogP contribution in [0.3, 0.4) is 0 Å². The topological polar surface area (TPSA) is 83.1 Å². The molecule has 5 rings (SSSR count). The van der Waals surface area contributed by atoms with Crippen molar-refractivity contribution in [3.63, 3.8) is 0 Å². The Morgan fingerprint density at radius 2 is 1.90 bits per heavy atom. The van der Waals surface area contributed by atoms with Crippen molar-refractivity contribution in [3.8, 4) is 11.1 Å². The lowest BCUT2D eigenvalue weighted by Gasteiger charge is -2.14. The molecule has 1 aromatic heterocycles. The molecule has 1 atom stereocenters. The summed E-state index contributed by atoms with van der Waals surface area (Å²) in [6.45, 7) is 3.82. The van der Waals surface area contributed by atoms with E-state index < -0.39 is 0 Å². The lowest BCUT2D eigenvalue weighted by Crippen LogP contribution is -2.36. The number of pyridine rings is 1. The van der Waals surface area contributed by atoms with Crippen LogP contribution in [0.2, 0.25) is 0 Å². The third-order valence-electron chi connectivity index (χ3n) is 6.13. The minimum Gasteiger partial charge on any atom is -0.348 e. The molecule has 0 bridgehead atoms. The highest BCUT2D eigenvalue weighted by Crippen LogP contribution is 2.31. The van der Waals surface area contributed by atoms with Gasteiger partial charge in [-0.15, -0.1) is 0 Å². The first-order chi connectivity index (χ1) is 15.1. The summed E-state index contributed by atoms with van der Waals surface area (Å²) in [5.41, 5.74) is 3.85.